The van der Waals surface area contributed by atoms with Crippen LogP contribution in [0.25, 0.3) is 0 Å². The molecule has 142 valence electrons. The van der Waals surface area contributed by atoms with E-state index in [1.54, 1.807) is 0 Å². The Morgan fingerprint density at radius 2 is 2.04 bits per heavy atom. The van der Waals surface area contributed by atoms with E-state index in [0.717, 1.165) is 50.2 Å². The van der Waals surface area contributed by atoms with Crippen molar-refractivity contribution in [1.82, 2.24) is 25.3 Å². The highest BCUT2D eigenvalue weighted by atomic mass is 16.5. The molecule has 1 aromatic rings. The maximum Gasteiger partial charge on any atom is 0.407 e. The summed E-state index contributed by atoms with van der Waals surface area (Å²) in [7, 11) is 1.24. The number of hydrogen-bond donors (Lipinski definition) is 2. The number of ether oxygens (including phenoxy) is 1. The van der Waals surface area contributed by atoms with Crippen LogP contribution in [0, 0.1) is 5.92 Å². The van der Waals surface area contributed by atoms with Gasteiger partial charge in [-0.2, -0.15) is 5.10 Å². The standard InChI is InChI=1S/C17H25N5O4/c1-26-17(25)19-10-15(23)18-9-13-8-14-11-21(6-3-7-22(14)20-13)16(24)12-4-2-5-12/h8,12H,2-7,9-11H2,1H3,(H,18,23)(H,19,25). The Balaban J connectivity index is 1.53. The number of carbonyl (C=O) groups is 3. The van der Waals surface area contributed by atoms with E-state index >= 15 is 0 Å². The van der Waals surface area contributed by atoms with Gasteiger partial charge in [-0.3, -0.25) is 14.3 Å². The lowest BCUT2D eigenvalue weighted by molar-refractivity contribution is -0.138. The topological polar surface area (TPSA) is 106 Å². The van der Waals surface area contributed by atoms with Gasteiger partial charge >= 0.3 is 6.09 Å². The van der Waals surface area contributed by atoms with Gasteiger partial charge < -0.3 is 20.3 Å². The van der Waals surface area contributed by atoms with Gasteiger partial charge in [0.15, 0.2) is 0 Å². The molecule has 0 aromatic carbocycles. The Morgan fingerprint density at radius 3 is 2.73 bits per heavy atom. The normalized spacial score (nSPS) is 16.9. The number of nitrogens with one attached hydrogen (secondary N) is 2. The quantitative estimate of drug-likeness (QED) is 0.787. The number of amides is 3. The smallest absolute Gasteiger partial charge is 0.407 e. The monoisotopic (exact) mass is 363 g/mol. The van der Waals surface area contributed by atoms with Crippen LogP contribution in [0.3, 0.4) is 0 Å². The maximum atomic E-state index is 12.5. The van der Waals surface area contributed by atoms with Crippen LogP contribution in [-0.4, -0.2) is 52.8 Å². The molecule has 0 unspecified atom stereocenters. The summed E-state index contributed by atoms with van der Waals surface area (Å²) in [6, 6.07) is 1.93. The van der Waals surface area contributed by atoms with Crippen LogP contribution in [0.1, 0.15) is 37.1 Å². The van der Waals surface area contributed by atoms with Crippen LogP contribution in [0.15, 0.2) is 6.07 Å². The van der Waals surface area contributed by atoms with Crippen LogP contribution >= 0.6 is 0 Å². The minimum Gasteiger partial charge on any atom is -0.453 e. The SMILES string of the molecule is COC(=O)NCC(=O)NCc1cc2n(n1)CCCN(C(=O)C1CCC1)C2. The first-order valence-corrected chi connectivity index (χ1v) is 8.99. The number of fused-ring (bicyclic) bond motifs is 1. The van der Waals surface area contributed by atoms with Gasteiger partial charge in [-0.15, -0.1) is 0 Å². The third kappa shape index (κ3) is 4.33. The highest BCUT2D eigenvalue weighted by molar-refractivity contribution is 5.82. The molecule has 3 rings (SSSR count). The molecule has 0 bridgehead atoms. The van der Waals surface area contributed by atoms with E-state index in [-0.39, 0.29) is 30.8 Å². The summed E-state index contributed by atoms with van der Waals surface area (Å²) in [5.41, 5.74) is 1.73. The number of carbonyl (C=O) groups excluding carboxylic acids is 3. The predicted octanol–water partition coefficient (Wildman–Crippen LogP) is 0.388. The molecule has 0 atom stereocenters. The van der Waals surface area contributed by atoms with Crippen molar-refractivity contribution < 1.29 is 19.1 Å². The van der Waals surface area contributed by atoms with E-state index < -0.39 is 6.09 Å². The summed E-state index contributed by atoms with van der Waals surface area (Å²) >= 11 is 0. The van der Waals surface area contributed by atoms with Gasteiger partial charge in [0.25, 0.3) is 0 Å². The fourth-order valence-electron chi connectivity index (χ4n) is 3.19. The van der Waals surface area contributed by atoms with Crippen molar-refractivity contribution >= 4 is 17.9 Å². The average molecular weight is 363 g/mol. The molecule has 9 nitrogen and oxygen atoms in total. The molecule has 3 amide bonds. The molecule has 1 fully saturated rings. The Bertz CT molecular complexity index is 683. The van der Waals surface area contributed by atoms with Crippen molar-refractivity contribution in [3.63, 3.8) is 0 Å². The van der Waals surface area contributed by atoms with E-state index in [1.165, 1.54) is 7.11 Å². The number of nitrogens with zero attached hydrogens (tertiary/aromatic N) is 3. The molecular formula is C17H25N5O4. The number of hydrogen-bond acceptors (Lipinski definition) is 5. The first-order chi connectivity index (χ1) is 12.6. The summed E-state index contributed by atoms with van der Waals surface area (Å²) in [4.78, 5) is 37.1. The van der Waals surface area contributed by atoms with E-state index in [9.17, 15) is 14.4 Å². The Morgan fingerprint density at radius 1 is 1.23 bits per heavy atom. The molecule has 26 heavy (non-hydrogen) atoms. The molecule has 9 heteroatoms. The molecule has 2 heterocycles. The van der Waals surface area contributed by atoms with Crippen molar-refractivity contribution in [3.8, 4) is 0 Å². The Labute approximate surface area is 152 Å². The summed E-state index contributed by atoms with van der Waals surface area (Å²) < 4.78 is 6.33. The van der Waals surface area contributed by atoms with E-state index in [2.05, 4.69) is 20.5 Å². The van der Waals surface area contributed by atoms with Crippen LogP contribution in [0.5, 0.6) is 0 Å². The number of aryl methyl sites for hydroxylation is 1. The molecule has 1 aliphatic heterocycles. The van der Waals surface area contributed by atoms with Crippen LogP contribution in [0.4, 0.5) is 4.79 Å². The first-order valence-electron chi connectivity index (χ1n) is 8.99. The molecule has 0 spiro atoms. The summed E-state index contributed by atoms with van der Waals surface area (Å²) in [5.74, 6) is 0.139. The van der Waals surface area contributed by atoms with E-state index in [4.69, 9.17) is 0 Å². The lowest BCUT2D eigenvalue weighted by atomic mass is 9.84. The molecule has 0 radical (unpaired) electrons. The fraction of sp³-hybridized carbons (Fsp3) is 0.647. The lowest BCUT2D eigenvalue weighted by Crippen LogP contribution is -2.38. The zero-order chi connectivity index (χ0) is 18.5. The molecule has 1 aromatic heterocycles. The number of alkyl carbamates (subject to hydrolysis) is 1. The number of methoxy groups -OCH3 is 1. The molecule has 2 aliphatic rings. The van der Waals surface area contributed by atoms with Crippen molar-refractivity contribution in [3.05, 3.63) is 17.5 Å². The maximum absolute atomic E-state index is 12.5. The number of rotatable bonds is 5. The van der Waals surface area contributed by atoms with E-state index in [0.29, 0.717) is 6.54 Å². The van der Waals surface area contributed by atoms with Crippen LogP contribution < -0.4 is 10.6 Å². The van der Waals surface area contributed by atoms with Crippen LogP contribution in [-0.2, 0) is 34.0 Å². The van der Waals surface area contributed by atoms with Gasteiger partial charge in [0.1, 0.15) is 6.54 Å². The van der Waals surface area contributed by atoms with Gasteiger partial charge in [-0.1, -0.05) is 6.42 Å². The van der Waals surface area contributed by atoms with Gasteiger partial charge in [-0.05, 0) is 25.3 Å². The Kier molecular flexibility index (Phi) is 5.75. The van der Waals surface area contributed by atoms with Crippen LogP contribution in [0.2, 0.25) is 0 Å². The second-order valence-corrected chi connectivity index (χ2v) is 6.71. The largest absolute Gasteiger partial charge is 0.453 e. The minimum atomic E-state index is -0.648. The fourth-order valence-corrected chi connectivity index (χ4v) is 3.19. The van der Waals surface area contributed by atoms with Gasteiger partial charge in [-0.25, -0.2) is 4.79 Å². The highest BCUT2D eigenvalue weighted by Gasteiger charge is 2.30. The zero-order valence-electron chi connectivity index (χ0n) is 15.0. The third-order valence-corrected chi connectivity index (χ3v) is 4.88. The summed E-state index contributed by atoms with van der Waals surface area (Å²) in [5, 5.41) is 9.55. The second-order valence-electron chi connectivity index (χ2n) is 6.71. The Hall–Kier alpha value is -2.58. The van der Waals surface area contributed by atoms with Gasteiger partial charge in [0, 0.05) is 19.0 Å². The summed E-state index contributed by atoms with van der Waals surface area (Å²) in [6.07, 6.45) is 3.39. The van der Waals surface area contributed by atoms with Crippen molar-refractivity contribution in [2.45, 2.75) is 45.3 Å². The molecule has 1 saturated carbocycles. The third-order valence-electron chi connectivity index (χ3n) is 4.88. The van der Waals surface area contributed by atoms with Crippen molar-refractivity contribution in [2.24, 2.45) is 5.92 Å². The second kappa shape index (κ2) is 8.20. The molecule has 2 N–H and O–H groups in total. The molecular weight excluding hydrogens is 338 g/mol. The lowest BCUT2D eigenvalue weighted by Gasteiger charge is -2.30. The minimum absolute atomic E-state index is 0.149. The molecule has 0 saturated heterocycles. The number of aromatic nitrogens is 2. The van der Waals surface area contributed by atoms with Crippen molar-refractivity contribution in [2.75, 3.05) is 20.2 Å². The molecule has 1 aliphatic carbocycles. The first kappa shape index (κ1) is 18.2. The average Bonchev–Trinajstić information content (AvgIpc) is 2.86. The van der Waals surface area contributed by atoms with Gasteiger partial charge in [0.05, 0.1) is 31.6 Å². The zero-order valence-corrected chi connectivity index (χ0v) is 15.0. The van der Waals surface area contributed by atoms with Crippen molar-refractivity contribution in [1.29, 1.82) is 0 Å². The van der Waals surface area contributed by atoms with Gasteiger partial charge in [0.2, 0.25) is 11.8 Å². The highest BCUT2D eigenvalue weighted by Crippen LogP contribution is 2.29. The summed E-state index contributed by atoms with van der Waals surface area (Å²) in [6.45, 7) is 2.23. The van der Waals surface area contributed by atoms with E-state index in [1.807, 2.05) is 15.6 Å². The predicted molar refractivity (Wildman–Crippen MR) is 91.9 cm³/mol.